The van der Waals surface area contributed by atoms with Gasteiger partial charge in [-0.25, -0.2) is 0 Å². The van der Waals surface area contributed by atoms with Gasteiger partial charge in [0.25, 0.3) is 0 Å². The molecule has 0 aliphatic heterocycles. The molecule has 0 aromatic carbocycles. The molecule has 0 aliphatic carbocycles. The highest BCUT2D eigenvalue weighted by molar-refractivity contribution is 14.1. The molecular weight excluding hydrogens is 221 g/mol. The van der Waals surface area contributed by atoms with Crippen molar-refractivity contribution in [3.63, 3.8) is 0 Å². The number of nitrogens with one attached hydrogen (secondary N) is 1. The Morgan fingerprint density at radius 1 is 1.88 bits per heavy atom. The molecule has 1 atom stereocenters. The van der Waals surface area contributed by atoms with Crippen LogP contribution in [0.5, 0.6) is 0 Å². The molecule has 0 bridgehead atoms. The summed E-state index contributed by atoms with van der Waals surface area (Å²) in [7, 11) is 1.79. The monoisotopic (exact) mass is 231 g/mol. The van der Waals surface area contributed by atoms with E-state index in [1.807, 2.05) is 0 Å². The van der Waals surface area contributed by atoms with Gasteiger partial charge in [-0.15, -0.1) is 0 Å². The third-order valence-corrected chi connectivity index (χ3v) is 1.05. The normalized spacial score (nSPS) is 13.9. The number of hydrogen-bond acceptors (Lipinski definition) is 3. The zero-order valence-electron chi connectivity index (χ0n) is 4.72. The van der Waals surface area contributed by atoms with Gasteiger partial charge in [-0.3, -0.25) is 0 Å². The molecule has 0 aromatic heterocycles. The predicted molar refractivity (Wildman–Crippen MR) is 39.9 cm³/mol. The first-order chi connectivity index (χ1) is 3.81. The third kappa shape index (κ3) is 4.76. The van der Waals surface area contributed by atoms with Crippen molar-refractivity contribution in [1.82, 2.24) is 5.32 Å². The largest absolute Gasteiger partial charge is 0.389 e. The second kappa shape index (κ2) is 5.74. The van der Waals surface area contributed by atoms with Crippen LogP contribution >= 0.6 is 23.0 Å². The highest BCUT2D eigenvalue weighted by Gasteiger charge is 1.98. The average Bonchev–Trinajstić information content (AvgIpc) is 1.68. The van der Waals surface area contributed by atoms with Gasteiger partial charge < -0.3 is 13.5 Å². The van der Waals surface area contributed by atoms with Crippen LogP contribution in [0.15, 0.2) is 0 Å². The maximum atomic E-state index is 8.86. The van der Waals surface area contributed by atoms with Crippen molar-refractivity contribution in [3.05, 3.63) is 0 Å². The third-order valence-electron chi connectivity index (χ3n) is 0.695. The van der Waals surface area contributed by atoms with E-state index in [1.165, 1.54) is 0 Å². The number of hydrogen-bond donors (Lipinski definition) is 2. The number of rotatable bonds is 4. The maximum absolute atomic E-state index is 8.86. The second-order valence-corrected chi connectivity index (χ2v) is 2.11. The smallest absolute Gasteiger partial charge is 0.109 e. The van der Waals surface area contributed by atoms with E-state index in [0.717, 1.165) is 0 Å². The molecule has 0 spiro atoms. The van der Waals surface area contributed by atoms with Crippen LogP contribution in [-0.4, -0.2) is 31.4 Å². The Morgan fingerprint density at radius 3 is 2.88 bits per heavy atom. The lowest BCUT2D eigenvalue weighted by Gasteiger charge is -2.05. The summed E-state index contributed by atoms with van der Waals surface area (Å²) < 4.78 is 4.64. The summed E-state index contributed by atoms with van der Waals surface area (Å²) in [5, 5.41) is 11.7. The molecule has 0 saturated heterocycles. The molecule has 0 amide bonds. The molecule has 1 unspecified atom stereocenters. The van der Waals surface area contributed by atoms with E-state index in [2.05, 4.69) is 8.38 Å². The van der Waals surface area contributed by atoms with Gasteiger partial charge in [-0.1, -0.05) is 0 Å². The number of aliphatic hydroxyl groups excluding tert-OH is 1. The summed E-state index contributed by atoms with van der Waals surface area (Å²) in [6.07, 6.45) is -0.378. The molecule has 0 rings (SSSR count). The molecule has 0 fully saturated rings. The quantitative estimate of drug-likeness (QED) is 0.665. The molecule has 0 aliphatic rings. The lowest BCUT2D eigenvalue weighted by Crippen LogP contribution is -2.26. The first-order valence-corrected chi connectivity index (χ1v) is 3.25. The minimum atomic E-state index is -0.378. The minimum absolute atomic E-state index is 0.378. The Labute approximate surface area is 63.1 Å². The molecule has 50 valence electrons. The molecule has 0 radical (unpaired) electrons. The lowest BCUT2D eigenvalue weighted by atomic mass is 10.4. The first kappa shape index (κ1) is 8.61. The van der Waals surface area contributed by atoms with Crippen LogP contribution in [0, 0.1) is 0 Å². The molecule has 0 saturated carbocycles. The van der Waals surface area contributed by atoms with Crippen LogP contribution in [0.2, 0.25) is 0 Å². The van der Waals surface area contributed by atoms with E-state index < -0.39 is 0 Å². The van der Waals surface area contributed by atoms with Crippen LogP contribution < -0.4 is 5.32 Å². The summed E-state index contributed by atoms with van der Waals surface area (Å²) in [4.78, 5) is 0. The molecule has 0 heterocycles. The lowest BCUT2D eigenvalue weighted by molar-refractivity contribution is 0.129. The number of aliphatic hydroxyl groups is 1. The van der Waals surface area contributed by atoms with Crippen molar-refractivity contribution in [2.75, 3.05) is 20.2 Å². The van der Waals surface area contributed by atoms with E-state index in [0.29, 0.717) is 13.2 Å². The van der Waals surface area contributed by atoms with Gasteiger partial charge in [0.05, 0.1) is 12.7 Å². The Hall–Kier alpha value is 0.610. The van der Waals surface area contributed by atoms with Crippen molar-refractivity contribution in [3.8, 4) is 0 Å². The SMILES string of the molecule is CNCC(O)COI. The molecular formula is C4H10INO2. The van der Waals surface area contributed by atoms with Crippen molar-refractivity contribution in [2.45, 2.75) is 6.10 Å². The van der Waals surface area contributed by atoms with E-state index in [-0.39, 0.29) is 6.10 Å². The van der Waals surface area contributed by atoms with Crippen LogP contribution in [0.25, 0.3) is 0 Å². The predicted octanol–water partition coefficient (Wildman–Crippen LogP) is -0.0667. The Morgan fingerprint density at radius 2 is 2.50 bits per heavy atom. The molecule has 4 heteroatoms. The second-order valence-electron chi connectivity index (χ2n) is 1.49. The molecule has 0 aromatic rings. The van der Waals surface area contributed by atoms with Gasteiger partial charge in [0.1, 0.15) is 23.0 Å². The van der Waals surface area contributed by atoms with Crippen LogP contribution in [0.1, 0.15) is 0 Å². The van der Waals surface area contributed by atoms with E-state index in [4.69, 9.17) is 5.11 Å². The topological polar surface area (TPSA) is 41.5 Å². The van der Waals surface area contributed by atoms with E-state index >= 15 is 0 Å². The van der Waals surface area contributed by atoms with Gasteiger partial charge in [-0.2, -0.15) is 0 Å². The summed E-state index contributed by atoms with van der Waals surface area (Å²) in [6, 6.07) is 0. The molecule has 8 heavy (non-hydrogen) atoms. The Kier molecular flexibility index (Phi) is 6.18. The first-order valence-electron chi connectivity index (χ1n) is 2.37. The van der Waals surface area contributed by atoms with Gasteiger partial charge in [0.2, 0.25) is 0 Å². The van der Waals surface area contributed by atoms with Gasteiger partial charge in [-0.05, 0) is 7.05 Å². The van der Waals surface area contributed by atoms with Gasteiger partial charge >= 0.3 is 0 Å². The maximum Gasteiger partial charge on any atom is 0.109 e. The fourth-order valence-electron chi connectivity index (χ4n) is 0.367. The fourth-order valence-corrected chi connectivity index (χ4v) is 0.782. The summed E-state index contributed by atoms with van der Waals surface area (Å²) in [6.45, 7) is 0.977. The number of likely N-dealkylation sites (N-methyl/N-ethyl adjacent to an activating group) is 1. The Bertz CT molecular complexity index is 47.3. The van der Waals surface area contributed by atoms with Crippen LogP contribution in [0.4, 0.5) is 0 Å². The molecule has 3 nitrogen and oxygen atoms in total. The van der Waals surface area contributed by atoms with Crippen molar-refractivity contribution in [1.29, 1.82) is 0 Å². The highest BCUT2D eigenvalue weighted by atomic mass is 127. The van der Waals surface area contributed by atoms with Crippen molar-refractivity contribution in [2.24, 2.45) is 0 Å². The zero-order valence-corrected chi connectivity index (χ0v) is 6.88. The zero-order chi connectivity index (χ0) is 6.41. The van der Waals surface area contributed by atoms with Gasteiger partial charge in [0, 0.05) is 6.54 Å². The van der Waals surface area contributed by atoms with Crippen LogP contribution in [0.3, 0.4) is 0 Å². The average molecular weight is 231 g/mol. The standard InChI is InChI=1S/C4H10INO2/c1-6-2-4(7)3-8-5/h4,6-7H,2-3H2,1H3. The van der Waals surface area contributed by atoms with Gasteiger partial charge in [0.15, 0.2) is 0 Å². The summed E-state index contributed by atoms with van der Waals surface area (Å²) in [5.41, 5.74) is 0. The highest BCUT2D eigenvalue weighted by Crippen LogP contribution is 1.88. The van der Waals surface area contributed by atoms with E-state index in [9.17, 15) is 0 Å². The minimum Gasteiger partial charge on any atom is -0.389 e. The summed E-state index contributed by atoms with van der Waals surface area (Å²) in [5.74, 6) is 0. The summed E-state index contributed by atoms with van der Waals surface area (Å²) >= 11 is 1.75. The van der Waals surface area contributed by atoms with Crippen LogP contribution in [-0.2, 0) is 3.07 Å². The Balaban J connectivity index is 2.92. The van der Waals surface area contributed by atoms with Crippen molar-refractivity contribution >= 4 is 23.0 Å². The number of halogens is 1. The van der Waals surface area contributed by atoms with Crippen molar-refractivity contribution < 1.29 is 8.17 Å². The fraction of sp³-hybridized carbons (Fsp3) is 1.00. The van der Waals surface area contributed by atoms with E-state index in [1.54, 1.807) is 30.1 Å². The molecule has 2 N–H and O–H groups in total.